The molecule has 10 heteroatoms. The minimum atomic E-state index is -0.186. The molecule has 3 aromatic rings. The first kappa shape index (κ1) is 26.9. The lowest BCUT2D eigenvalue weighted by molar-refractivity contribution is -0.132. The summed E-state index contributed by atoms with van der Waals surface area (Å²) in [7, 11) is 1.58. The van der Waals surface area contributed by atoms with Crippen LogP contribution in [0, 0.1) is 0 Å². The summed E-state index contributed by atoms with van der Waals surface area (Å²) in [5, 5.41) is 9.40. The number of anilines is 1. The molecular formula is C29H32ClN5O4. The second-order valence-electron chi connectivity index (χ2n) is 9.67. The average Bonchev–Trinajstić information content (AvgIpc) is 3.50. The number of piperazine rings is 1. The molecule has 1 aromatic heterocycles. The fraction of sp³-hybridized carbons (Fsp3) is 0.379. The van der Waals surface area contributed by atoms with Crippen molar-refractivity contribution in [3.8, 4) is 17.0 Å². The molecular weight excluding hydrogens is 518 g/mol. The predicted octanol–water partition coefficient (Wildman–Crippen LogP) is 3.78. The standard InChI is InChI=1S/C29H32ClN5O4/c1-38-22-10-8-21(9-11-22)29(37)35(19-23-5-4-18-39-23)20-28(36)34-16-14-33(15-17-34)27-13-12-26(31-32-27)24-6-2-3-7-25(24)30/h2-3,6-13,23H,4-5,14-20H2,1H3. The van der Waals surface area contributed by atoms with Crippen molar-refractivity contribution in [1.82, 2.24) is 20.0 Å². The van der Waals surface area contributed by atoms with Gasteiger partial charge in [0.25, 0.3) is 5.91 Å². The van der Waals surface area contributed by atoms with Crippen LogP contribution in [0.5, 0.6) is 5.75 Å². The van der Waals surface area contributed by atoms with Gasteiger partial charge in [-0.15, -0.1) is 10.2 Å². The smallest absolute Gasteiger partial charge is 0.254 e. The van der Waals surface area contributed by atoms with Crippen LogP contribution >= 0.6 is 11.6 Å². The van der Waals surface area contributed by atoms with Crippen molar-refractivity contribution in [3.05, 3.63) is 71.2 Å². The Morgan fingerprint density at radius 3 is 2.44 bits per heavy atom. The number of aromatic nitrogens is 2. The normalized spacial score (nSPS) is 17.2. The van der Waals surface area contributed by atoms with Crippen molar-refractivity contribution < 1.29 is 19.1 Å². The second-order valence-corrected chi connectivity index (χ2v) is 10.1. The van der Waals surface area contributed by atoms with Gasteiger partial charge in [0.1, 0.15) is 12.3 Å². The van der Waals surface area contributed by atoms with Crippen molar-refractivity contribution in [2.75, 3.05) is 57.9 Å². The molecule has 0 aliphatic carbocycles. The molecule has 0 saturated carbocycles. The number of hydrogen-bond acceptors (Lipinski definition) is 7. The number of nitrogens with zero attached hydrogens (tertiary/aromatic N) is 5. The topological polar surface area (TPSA) is 88.1 Å². The van der Waals surface area contributed by atoms with Crippen LogP contribution in [0.3, 0.4) is 0 Å². The molecule has 1 atom stereocenters. The van der Waals surface area contributed by atoms with Crippen molar-refractivity contribution in [2.45, 2.75) is 18.9 Å². The van der Waals surface area contributed by atoms with E-state index in [4.69, 9.17) is 21.1 Å². The zero-order valence-corrected chi connectivity index (χ0v) is 22.7. The van der Waals surface area contributed by atoms with Crippen molar-refractivity contribution in [1.29, 1.82) is 0 Å². The maximum absolute atomic E-state index is 13.4. The summed E-state index contributed by atoms with van der Waals surface area (Å²) >= 11 is 6.29. The van der Waals surface area contributed by atoms with Gasteiger partial charge in [0, 0.05) is 50.5 Å². The number of methoxy groups -OCH3 is 1. The second kappa shape index (κ2) is 12.4. The highest BCUT2D eigenvalue weighted by Crippen LogP contribution is 2.26. The average molecular weight is 550 g/mol. The summed E-state index contributed by atoms with van der Waals surface area (Å²) in [6, 6.07) is 18.3. The first-order valence-corrected chi connectivity index (χ1v) is 13.6. The van der Waals surface area contributed by atoms with E-state index in [-0.39, 0.29) is 24.5 Å². The van der Waals surface area contributed by atoms with E-state index in [1.54, 1.807) is 36.3 Å². The van der Waals surface area contributed by atoms with Gasteiger partial charge in [-0.2, -0.15) is 0 Å². The van der Waals surface area contributed by atoms with Gasteiger partial charge in [-0.05, 0) is 55.3 Å². The van der Waals surface area contributed by atoms with E-state index in [0.29, 0.717) is 61.4 Å². The summed E-state index contributed by atoms with van der Waals surface area (Å²) in [6.45, 7) is 3.43. The number of hydrogen-bond donors (Lipinski definition) is 0. The Kier molecular flexibility index (Phi) is 8.58. The lowest BCUT2D eigenvalue weighted by Crippen LogP contribution is -2.52. The van der Waals surface area contributed by atoms with Crippen LogP contribution < -0.4 is 9.64 Å². The van der Waals surface area contributed by atoms with Crippen molar-refractivity contribution in [3.63, 3.8) is 0 Å². The number of rotatable bonds is 8. The quantitative estimate of drug-likeness (QED) is 0.422. The molecule has 2 fully saturated rings. The minimum absolute atomic E-state index is 0.0110. The minimum Gasteiger partial charge on any atom is -0.497 e. The molecule has 3 heterocycles. The van der Waals surface area contributed by atoms with Gasteiger partial charge in [-0.3, -0.25) is 9.59 Å². The van der Waals surface area contributed by atoms with Crippen molar-refractivity contribution in [2.24, 2.45) is 0 Å². The van der Waals surface area contributed by atoms with Crippen LogP contribution in [0.15, 0.2) is 60.7 Å². The molecule has 0 bridgehead atoms. The first-order valence-electron chi connectivity index (χ1n) is 13.2. The fourth-order valence-corrected chi connectivity index (χ4v) is 5.16. The van der Waals surface area contributed by atoms with Crippen LogP contribution in [-0.4, -0.2) is 90.9 Å². The summed E-state index contributed by atoms with van der Waals surface area (Å²) in [6.07, 6.45) is 1.80. The number of carbonyl (C=O) groups excluding carboxylic acids is 2. The molecule has 2 aromatic carbocycles. The maximum Gasteiger partial charge on any atom is 0.254 e. The van der Waals surface area contributed by atoms with Crippen LogP contribution in [0.1, 0.15) is 23.2 Å². The third-order valence-corrected chi connectivity index (χ3v) is 7.48. The maximum atomic E-state index is 13.4. The summed E-state index contributed by atoms with van der Waals surface area (Å²) in [4.78, 5) is 32.2. The Morgan fingerprint density at radius 1 is 1.03 bits per heavy atom. The molecule has 0 N–H and O–H groups in total. The largest absolute Gasteiger partial charge is 0.497 e. The van der Waals surface area contributed by atoms with Crippen LogP contribution in [0.4, 0.5) is 5.82 Å². The molecule has 2 saturated heterocycles. The van der Waals surface area contributed by atoms with Gasteiger partial charge >= 0.3 is 0 Å². The van der Waals surface area contributed by atoms with E-state index >= 15 is 0 Å². The van der Waals surface area contributed by atoms with E-state index in [9.17, 15) is 9.59 Å². The number of ether oxygens (including phenoxy) is 2. The molecule has 2 aliphatic heterocycles. The summed E-state index contributed by atoms with van der Waals surface area (Å²) in [5.41, 5.74) is 2.07. The number of halogens is 1. The molecule has 2 aliphatic rings. The van der Waals surface area contributed by atoms with Gasteiger partial charge in [-0.1, -0.05) is 29.8 Å². The summed E-state index contributed by atoms with van der Waals surface area (Å²) < 4.78 is 11.0. The molecule has 204 valence electrons. The number of amides is 2. The molecule has 39 heavy (non-hydrogen) atoms. The van der Waals surface area contributed by atoms with Gasteiger partial charge in [-0.25, -0.2) is 0 Å². The van der Waals surface area contributed by atoms with Gasteiger partial charge in [0.15, 0.2) is 5.82 Å². The van der Waals surface area contributed by atoms with Gasteiger partial charge in [0.2, 0.25) is 5.91 Å². The van der Waals surface area contributed by atoms with E-state index in [1.165, 1.54) is 0 Å². The number of carbonyl (C=O) groups is 2. The van der Waals surface area contributed by atoms with Gasteiger partial charge < -0.3 is 24.2 Å². The zero-order chi connectivity index (χ0) is 27.2. The zero-order valence-electron chi connectivity index (χ0n) is 22.0. The van der Waals surface area contributed by atoms with Crippen LogP contribution in [0.25, 0.3) is 11.3 Å². The SMILES string of the molecule is COc1ccc(C(=O)N(CC(=O)N2CCN(c3ccc(-c4ccccc4Cl)nn3)CC2)CC2CCCO2)cc1. The Hall–Kier alpha value is -3.69. The third kappa shape index (κ3) is 6.49. The molecule has 0 radical (unpaired) electrons. The highest BCUT2D eigenvalue weighted by molar-refractivity contribution is 6.33. The summed E-state index contributed by atoms with van der Waals surface area (Å²) in [5.74, 6) is 1.17. The Morgan fingerprint density at radius 2 is 1.79 bits per heavy atom. The molecule has 1 unspecified atom stereocenters. The predicted molar refractivity (Wildman–Crippen MR) is 149 cm³/mol. The number of benzene rings is 2. The van der Waals surface area contributed by atoms with Crippen molar-refractivity contribution >= 4 is 29.2 Å². The Labute approximate surface area is 233 Å². The molecule has 2 amide bonds. The van der Waals surface area contributed by atoms with E-state index < -0.39 is 0 Å². The first-order chi connectivity index (χ1) is 19.0. The molecule has 5 rings (SSSR count). The van der Waals surface area contributed by atoms with Crippen LogP contribution in [0.2, 0.25) is 5.02 Å². The van der Waals surface area contributed by atoms with Crippen LogP contribution in [-0.2, 0) is 9.53 Å². The highest BCUT2D eigenvalue weighted by atomic mass is 35.5. The van der Waals surface area contributed by atoms with E-state index in [2.05, 4.69) is 15.1 Å². The highest BCUT2D eigenvalue weighted by Gasteiger charge is 2.29. The third-order valence-electron chi connectivity index (χ3n) is 7.15. The Bertz CT molecular complexity index is 1270. The van der Waals surface area contributed by atoms with Gasteiger partial charge in [0.05, 0.1) is 23.9 Å². The molecule has 9 nitrogen and oxygen atoms in total. The van der Waals surface area contributed by atoms with E-state index in [0.717, 1.165) is 24.2 Å². The fourth-order valence-electron chi connectivity index (χ4n) is 4.92. The lowest BCUT2D eigenvalue weighted by atomic mass is 10.1. The van der Waals surface area contributed by atoms with E-state index in [1.807, 2.05) is 41.3 Å². The lowest BCUT2D eigenvalue weighted by Gasteiger charge is -2.36. The molecule has 0 spiro atoms. The monoisotopic (exact) mass is 549 g/mol. The Balaban J connectivity index is 1.20.